The van der Waals surface area contributed by atoms with Crippen molar-refractivity contribution in [2.45, 2.75) is 44.9 Å². The fourth-order valence-electron chi connectivity index (χ4n) is 1.92. The average Bonchev–Trinajstić information content (AvgIpc) is 2.40. The Kier molecular flexibility index (Phi) is 7.33. The highest BCUT2D eigenvalue weighted by Crippen LogP contribution is 2.26. The lowest BCUT2D eigenvalue weighted by Crippen LogP contribution is -2.12. The number of ether oxygens (including phenoxy) is 1. The summed E-state index contributed by atoms with van der Waals surface area (Å²) in [6.07, 6.45) is 4.65. The summed E-state index contributed by atoms with van der Waals surface area (Å²) in [7, 11) is 0. The van der Waals surface area contributed by atoms with E-state index in [0.717, 1.165) is 18.4 Å². The van der Waals surface area contributed by atoms with Gasteiger partial charge in [0.15, 0.2) is 11.6 Å². The van der Waals surface area contributed by atoms with Crippen LogP contribution >= 0.6 is 15.9 Å². The van der Waals surface area contributed by atoms with Crippen LogP contribution in [-0.4, -0.2) is 6.61 Å². The summed E-state index contributed by atoms with van der Waals surface area (Å²) in [4.78, 5) is 0. The Morgan fingerprint density at radius 1 is 1.33 bits per heavy atom. The number of rotatable bonds is 8. The van der Waals surface area contributed by atoms with E-state index in [2.05, 4.69) is 29.8 Å². The van der Waals surface area contributed by atoms with E-state index in [9.17, 15) is 4.39 Å². The first-order chi connectivity index (χ1) is 8.72. The molecule has 0 spiro atoms. The molecule has 0 bridgehead atoms. The fraction of sp³-hybridized carbons (Fsp3) is 0.600. The molecule has 3 heteroatoms. The van der Waals surface area contributed by atoms with Crippen LogP contribution in [0, 0.1) is 11.7 Å². The average molecular weight is 317 g/mol. The smallest absolute Gasteiger partial charge is 0.165 e. The summed E-state index contributed by atoms with van der Waals surface area (Å²) in [6.45, 7) is 4.96. The molecule has 1 aromatic carbocycles. The van der Waals surface area contributed by atoms with Gasteiger partial charge in [-0.15, -0.1) is 0 Å². The predicted molar refractivity (Wildman–Crippen MR) is 77.8 cm³/mol. The third kappa shape index (κ3) is 4.60. The Balaban J connectivity index is 2.61. The summed E-state index contributed by atoms with van der Waals surface area (Å²) < 4.78 is 19.4. The SMILES string of the molecule is CCCCC(CC)COc1c(F)cccc1CBr. The summed E-state index contributed by atoms with van der Waals surface area (Å²) in [6, 6.07) is 5.06. The summed E-state index contributed by atoms with van der Waals surface area (Å²) >= 11 is 3.36. The molecule has 0 aliphatic heterocycles. The van der Waals surface area contributed by atoms with Crippen molar-refractivity contribution in [1.29, 1.82) is 0 Å². The van der Waals surface area contributed by atoms with Crippen molar-refractivity contribution in [1.82, 2.24) is 0 Å². The molecule has 1 atom stereocenters. The highest BCUT2D eigenvalue weighted by atomic mass is 79.9. The second-order valence-electron chi connectivity index (χ2n) is 4.59. The predicted octanol–water partition coefficient (Wildman–Crippen LogP) is 5.32. The van der Waals surface area contributed by atoms with E-state index in [-0.39, 0.29) is 5.82 Å². The van der Waals surface area contributed by atoms with Crippen LogP contribution in [0.5, 0.6) is 5.75 Å². The zero-order chi connectivity index (χ0) is 13.4. The van der Waals surface area contributed by atoms with Crippen LogP contribution in [0.15, 0.2) is 18.2 Å². The Labute approximate surface area is 118 Å². The van der Waals surface area contributed by atoms with Gasteiger partial charge in [-0.25, -0.2) is 4.39 Å². The van der Waals surface area contributed by atoms with Gasteiger partial charge in [-0.3, -0.25) is 0 Å². The molecule has 18 heavy (non-hydrogen) atoms. The number of alkyl halides is 1. The minimum atomic E-state index is -0.266. The van der Waals surface area contributed by atoms with E-state index in [1.54, 1.807) is 6.07 Å². The normalized spacial score (nSPS) is 12.4. The molecule has 0 fully saturated rings. The highest BCUT2D eigenvalue weighted by molar-refractivity contribution is 9.08. The summed E-state index contributed by atoms with van der Waals surface area (Å²) in [5, 5.41) is 0.617. The van der Waals surface area contributed by atoms with Gasteiger partial charge in [0.1, 0.15) is 0 Å². The number of hydrogen-bond acceptors (Lipinski definition) is 1. The minimum absolute atomic E-state index is 0.266. The molecule has 0 amide bonds. The Hall–Kier alpha value is -0.570. The van der Waals surface area contributed by atoms with Gasteiger partial charge in [-0.05, 0) is 18.4 Å². The van der Waals surface area contributed by atoms with Gasteiger partial charge in [0.2, 0.25) is 0 Å². The number of hydrogen-bond donors (Lipinski definition) is 0. The molecule has 1 nitrogen and oxygen atoms in total. The minimum Gasteiger partial charge on any atom is -0.490 e. The zero-order valence-electron chi connectivity index (χ0n) is 11.2. The van der Waals surface area contributed by atoms with Gasteiger partial charge in [0.25, 0.3) is 0 Å². The number of halogens is 2. The number of unbranched alkanes of at least 4 members (excludes halogenated alkanes) is 1. The van der Waals surface area contributed by atoms with Crippen molar-refractivity contribution in [3.05, 3.63) is 29.6 Å². The van der Waals surface area contributed by atoms with Crippen LogP contribution in [-0.2, 0) is 5.33 Å². The van der Waals surface area contributed by atoms with Crippen LogP contribution in [0.4, 0.5) is 4.39 Å². The molecule has 0 saturated carbocycles. The molecule has 0 saturated heterocycles. The lowest BCUT2D eigenvalue weighted by atomic mass is 10.0. The summed E-state index contributed by atoms with van der Waals surface area (Å²) in [5.41, 5.74) is 0.875. The van der Waals surface area contributed by atoms with E-state index in [1.807, 2.05) is 6.07 Å². The molecular weight excluding hydrogens is 295 g/mol. The van der Waals surface area contributed by atoms with Crippen molar-refractivity contribution < 1.29 is 9.13 Å². The molecule has 0 N–H and O–H groups in total. The number of benzene rings is 1. The van der Waals surface area contributed by atoms with E-state index in [4.69, 9.17) is 4.74 Å². The van der Waals surface area contributed by atoms with Gasteiger partial charge in [-0.2, -0.15) is 0 Å². The quantitative estimate of drug-likeness (QED) is 0.590. The molecule has 0 aliphatic rings. The second-order valence-corrected chi connectivity index (χ2v) is 5.15. The first kappa shape index (κ1) is 15.5. The Bertz CT molecular complexity index is 354. The second kappa shape index (κ2) is 8.52. The van der Waals surface area contributed by atoms with E-state index < -0.39 is 0 Å². The molecule has 1 unspecified atom stereocenters. The molecule has 0 aromatic heterocycles. The molecule has 1 aromatic rings. The van der Waals surface area contributed by atoms with Crippen LogP contribution in [0.25, 0.3) is 0 Å². The molecule has 0 radical (unpaired) electrons. The van der Waals surface area contributed by atoms with Crippen LogP contribution < -0.4 is 4.74 Å². The van der Waals surface area contributed by atoms with Crippen LogP contribution in [0.3, 0.4) is 0 Å². The molecule has 0 aliphatic carbocycles. The largest absolute Gasteiger partial charge is 0.490 e. The fourth-order valence-corrected chi connectivity index (χ4v) is 2.36. The van der Waals surface area contributed by atoms with Gasteiger partial charge in [0.05, 0.1) is 6.61 Å². The standard InChI is InChI=1S/C15H22BrFO/c1-3-5-7-12(4-2)11-18-15-13(10-16)8-6-9-14(15)17/h6,8-9,12H,3-5,7,10-11H2,1-2H3. The highest BCUT2D eigenvalue weighted by Gasteiger charge is 2.12. The Morgan fingerprint density at radius 2 is 2.11 bits per heavy atom. The molecule has 1 rings (SSSR count). The van der Waals surface area contributed by atoms with Crippen molar-refractivity contribution >= 4 is 15.9 Å². The first-order valence-electron chi connectivity index (χ1n) is 6.69. The van der Waals surface area contributed by atoms with Crippen molar-refractivity contribution in [3.63, 3.8) is 0 Å². The van der Waals surface area contributed by atoms with E-state index >= 15 is 0 Å². The van der Waals surface area contributed by atoms with Crippen LogP contribution in [0.2, 0.25) is 0 Å². The van der Waals surface area contributed by atoms with E-state index in [1.165, 1.54) is 18.9 Å². The topological polar surface area (TPSA) is 9.23 Å². The van der Waals surface area contributed by atoms with Crippen LogP contribution in [0.1, 0.15) is 45.1 Å². The lowest BCUT2D eigenvalue weighted by molar-refractivity contribution is 0.223. The van der Waals surface area contributed by atoms with Gasteiger partial charge < -0.3 is 4.74 Å². The third-order valence-electron chi connectivity index (χ3n) is 3.20. The van der Waals surface area contributed by atoms with Crippen molar-refractivity contribution in [2.24, 2.45) is 5.92 Å². The van der Waals surface area contributed by atoms with Gasteiger partial charge >= 0.3 is 0 Å². The summed E-state index contributed by atoms with van der Waals surface area (Å²) in [5.74, 6) is 0.661. The molecule has 0 heterocycles. The maximum absolute atomic E-state index is 13.7. The zero-order valence-corrected chi connectivity index (χ0v) is 12.8. The molecule has 102 valence electrons. The maximum Gasteiger partial charge on any atom is 0.165 e. The van der Waals surface area contributed by atoms with E-state index in [0.29, 0.717) is 23.6 Å². The first-order valence-corrected chi connectivity index (χ1v) is 7.81. The van der Waals surface area contributed by atoms with Gasteiger partial charge in [-0.1, -0.05) is 61.2 Å². The van der Waals surface area contributed by atoms with Gasteiger partial charge in [0, 0.05) is 10.9 Å². The van der Waals surface area contributed by atoms with Crippen molar-refractivity contribution in [3.8, 4) is 5.75 Å². The lowest BCUT2D eigenvalue weighted by Gasteiger charge is -2.17. The molecular formula is C15H22BrFO. The number of para-hydroxylation sites is 1. The third-order valence-corrected chi connectivity index (χ3v) is 3.80. The maximum atomic E-state index is 13.7. The van der Waals surface area contributed by atoms with Crippen molar-refractivity contribution in [2.75, 3.05) is 6.61 Å². The monoisotopic (exact) mass is 316 g/mol. The Morgan fingerprint density at radius 3 is 2.72 bits per heavy atom.